The maximum Gasteiger partial charge on any atom is 0.328 e. The third-order valence-electron chi connectivity index (χ3n) is 3.82. The predicted molar refractivity (Wildman–Crippen MR) is 81.7 cm³/mol. The van der Waals surface area contributed by atoms with Crippen LogP contribution in [0.25, 0.3) is 6.08 Å². The molecule has 0 amide bonds. The number of methoxy groups -OCH3 is 1. The fourth-order valence-electron chi connectivity index (χ4n) is 2.64. The highest BCUT2D eigenvalue weighted by Gasteiger charge is 2.14. The summed E-state index contributed by atoms with van der Waals surface area (Å²) in [5, 5.41) is 8.77. The van der Waals surface area contributed by atoms with E-state index in [1.165, 1.54) is 32.1 Å². The summed E-state index contributed by atoms with van der Waals surface area (Å²) in [5.74, 6) is 1.03. The van der Waals surface area contributed by atoms with Crippen molar-refractivity contribution in [2.75, 3.05) is 13.7 Å². The zero-order chi connectivity index (χ0) is 15.1. The molecule has 1 aliphatic carbocycles. The summed E-state index contributed by atoms with van der Waals surface area (Å²) < 4.78 is 11.1. The molecule has 0 saturated heterocycles. The van der Waals surface area contributed by atoms with Gasteiger partial charge in [-0.25, -0.2) is 4.79 Å². The molecular formula is C17H22O4. The molecule has 21 heavy (non-hydrogen) atoms. The van der Waals surface area contributed by atoms with Gasteiger partial charge in [0.2, 0.25) is 0 Å². The molecule has 0 radical (unpaired) electrons. The molecular weight excluding hydrogens is 268 g/mol. The lowest BCUT2D eigenvalue weighted by Crippen LogP contribution is -2.15. The van der Waals surface area contributed by atoms with E-state index in [-0.39, 0.29) is 0 Å². The van der Waals surface area contributed by atoms with Crippen LogP contribution >= 0.6 is 0 Å². The molecule has 1 aliphatic rings. The number of hydrogen-bond acceptors (Lipinski definition) is 3. The molecule has 0 aliphatic heterocycles. The first kappa shape index (κ1) is 15.4. The first-order chi connectivity index (χ1) is 10.2. The molecule has 1 N–H and O–H groups in total. The Morgan fingerprint density at radius 1 is 1.33 bits per heavy atom. The lowest BCUT2D eigenvalue weighted by atomic mass is 9.90. The SMILES string of the molecule is COc1ccc(OCC2CCCCC2)c(/C=C/C(=O)O)c1. The van der Waals surface area contributed by atoms with E-state index in [0.29, 0.717) is 24.0 Å². The standard InChI is InChI=1S/C17H22O4/c1-20-15-8-9-16(14(11-15)7-10-17(18)19)21-12-13-5-3-2-4-6-13/h7-11,13H,2-6,12H2,1H3,(H,18,19)/b10-7+. The Hall–Kier alpha value is -1.97. The van der Waals surface area contributed by atoms with E-state index in [0.717, 1.165) is 11.6 Å². The minimum atomic E-state index is -0.976. The van der Waals surface area contributed by atoms with E-state index < -0.39 is 5.97 Å². The Labute approximate surface area is 125 Å². The normalized spacial score (nSPS) is 16.0. The number of ether oxygens (including phenoxy) is 2. The third-order valence-corrected chi connectivity index (χ3v) is 3.82. The zero-order valence-electron chi connectivity index (χ0n) is 12.4. The van der Waals surface area contributed by atoms with Crippen LogP contribution < -0.4 is 9.47 Å². The van der Waals surface area contributed by atoms with E-state index >= 15 is 0 Å². The Morgan fingerprint density at radius 2 is 2.10 bits per heavy atom. The third kappa shape index (κ3) is 4.81. The maximum absolute atomic E-state index is 10.7. The van der Waals surface area contributed by atoms with E-state index in [9.17, 15) is 4.79 Å². The van der Waals surface area contributed by atoms with Gasteiger partial charge in [0.1, 0.15) is 11.5 Å². The quantitative estimate of drug-likeness (QED) is 0.811. The molecule has 0 heterocycles. The van der Waals surface area contributed by atoms with Gasteiger partial charge < -0.3 is 14.6 Å². The molecule has 2 rings (SSSR count). The molecule has 0 spiro atoms. The van der Waals surface area contributed by atoms with Gasteiger partial charge in [-0.3, -0.25) is 0 Å². The van der Waals surface area contributed by atoms with E-state index in [4.69, 9.17) is 14.6 Å². The monoisotopic (exact) mass is 290 g/mol. The minimum absolute atomic E-state index is 0.608. The average molecular weight is 290 g/mol. The van der Waals surface area contributed by atoms with Crippen molar-refractivity contribution in [3.8, 4) is 11.5 Å². The average Bonchev–Trinajstić information content (AvgIpc) is 2.52. The Bertz CT molecular complexity index is 502. The number of rotatable bonds is 6. The highest BCUT2D eigenvalue weighted by Crippen LogP contribution is 2.28. The van der Waals surface area contributed by atoms with E-state index in [1.54, 1.807) is 19.3 Å². The van der Waals surface area contributed by atoms with Gasteiger partial charge in [-0.05, 0) is 43.0 Å². The molecule has 0 bridgehead atoms. The molecule has 1 aromatic carbocycles. The zero-order valence-corrected chi connectivity index (χ0v) is 12.4. The van der Waals surface area contributed by atoms with E-state index in [2.05, 4.69) is 0 Å². The maximum atomic E-state index is 10.7. The summed E-state index contributed by atoms with van der Waals surface area (Å²) in [6.45, 7) is 0.695. The summed E-state index contributed by atoms with van der Waals surface area (Å²) in [4.78, 5) is 10.7. The fourth-order valence-corrected chi connectivity index (χ4v) is 2.64. The largest absolute Gasteiger partial charge is 0.497 e. The van der Waals surface area contributed by atoms with Gasteiger partial charge in [0.05, 0.1) is 13.7 Å². The van der Waals surface area contributed by atoms with Gasteiger partial charge in [0, 0.05) is 11.6 Å². The highest BCUT2D eigenvalue weighted by atomic mass is 16.5. The van der Waals surface area contributed by atoms with Gasteiger partial charge in [0.25, 0.3) is 0 Å². The van der Waals surface area contributed by atoms with Gasteiger partial charge in [-0.2, -0.15) is 0 Å². The number of carboxylic acid groups (broad SMARTS) is 1. The minimum Gasteiger partial charge on any atom is -0.497 e. The molecule has 114 valence electrons. The van der Waals surface area contributed by atoms with Crippen molar-refractivity contribution in [2.24, 2.45) is 5.92 Å². The second-order valence-corrected chi connectivity index (χ2v) is 5.39. The number of carbonyl (C=O) groups is 1. The van der Waals surface area contributed by atoms with Crippen LogP contribution in [0.5, 0.6) is 11.5 Å². The second kappa shape index (κ2) is 7.72. The topological polar surface area (TPSA) is 55.8 Å². The summed E-state index contributed by atoms with van der Waals surface area (Å²) in [6, 6.07) is 5.45. The molecule has 0 unspecified atom stereocenters. The van der Waals surface area contributed by atoms with Crippen LogP contribution in [-0.4, -0.2) is 24.8 Å². The highest BCUT2D eigenvalue weighted by molar-refractivity contribution is 5.86. The van der Waals surface area contributed by atoms with Crippen molar-refractivity contribution < 1.29 is 19.4 Å². The van der Waals surface area contributed by atoms with Crippen molar-refractivity contribution >= 4 is 12.0 Å². The van der Waals surface area contributed by atoms with Gasteiger partial charge in [-0.15, -0.1) is 0 Å². The van der Waals surface area contributed by atoms with Gasteiger partial charge >= 0.3 is 5.97 Å². The molecule has 0 atom stereocenters. The fraction of sp³-hybridized carbons (Fsp3) is 0.471. The first-order valence-electron chi connectivity index (χ1n) is 7.41. The van der Waals surface area contributed by atoms with Crippen LogP contribution in [0.15, 0.2) is 24.3 Å². The molecule has 4 heteroatoms. The van der Waals surface area contributed by atoms with Crippen molar-refractivity contribution in [1.82, 2.24) is 0 Å². The summed E-state index contributed by atoms with van der Waals surface area (Å²) in [5.41, 5.74) is 0.729. The predicted octanol–water partition coefficient (Wildman–Crippen LogP) is 3.75. The molecule has 4 nitrogen and oxygen atoms in total. The van der Waals surface area contributed by atoms with Gasteiger partial charge in [-0.1, -0.05) is 19.3 Å². The lowest BCUT2D eigenvalue weighted by molar-refractivity contribution is -0.131. The Morgan fingerprint density at radius 3 is 2.76 bits per heavy atom. The molecule has 1 aromatic rings. The van der Waals surface area contributed by atoms with Crippen LogP contribution in [0, 0.1) is 5.92 Å². The van der Waals surface area contributed by atoms with Crippen LogP contribution in [0.2, 0.25) is 0 Å². The lowest BCUT2D eigenvalue weighted by Gasteiger charge is -2.22. The first-order valence-corrected chi connectivity index (χ1v) is 7.41. The smallest absolute Gasteiger partial charge is 0.328 e. The van der Waals surface area contributed by atoms with Crippen LogP contribution in [-0.2, 0) is 4.79 Å². The molecule has 0 aromatic heterocycles. The summed E-state index contributed by atoms with van der Waals surface area (Å²) in [7, 11) is 1.59. The Balaban J connectivity index is 2.07. The Kier molecular flexibility index (Phi) is 5.67. The second-order valence-electron chi connectivity index (χ2n) is 5.39. The van der Waals surface area contributed by atoms with Crippen LogP contribution in [0.4, 0.5) is 0 Å². The van der Waals surface area contributed by atoms with Crippen molar-refractivity contribution in [1.29, 1.82) is 0 Å². The van der Waals surface area contributed by atoms with Gasteiger partial charge in [0.15, 0.2) is 0 Å². The van der Waals surface area contributed by atoms with Crippen molar-refractivity contribution in [3.05, 3.63) is 29.8 Å². The van der Waals surface area contributed by atoms with Crippen molar-refractivity contribution in [2.45, 2.75) is 32.1 Å². The van der Waals surface area contributed by atoms with Crippen LogP contribution in [0.3, 0.4) is 0 Å². The number of aliphatic carboxylic acids is 1. The number of benzene rings is 1. The summed E-state index contributed by atoms with van der Waals surface area (Å²) >= 11 is 0. The summed E-state index contributed by atoms with van der Waals surface area (Å²) in [6.07, 6.45) is 8.98. The molecule has 1 fully saturated rings. The van der Waals surface area contributed by atoms with Crippen LogP contribution in [0.1, 0.15) is 37.7 Å². The number of hydrogen-bond donors (Lipinski definition) is 1. The van der Waals surface area contributed by atoms with E-state index in [1.807, 2.05) is 12.1 Å². The number of carboxylic acids is 1. The van der Waals surface area contributed by atoms with Crippen molar-refractivity contribution in [3.63, 3.8) is 0 Å². The molecule has 1 saturated carbocycles.